The zero-order chi connectivity index (χ0) is 14.2. The van der Waals surface area contributed by atoms with E-state index in [1.807, 2.05) is 67.6 Å². The van der Waals surface area contributed by atoms with E-state index in [2.05, 4.69) is 0 Å². The third-order valence-electron chi connectivity index (χ3n) is 3.26. The Morgan fingerprint density at radius 2 is 1.50 bits per heavy atom. The van der Waals surface area contributed by atoms with Crippen LogP contribution in [0.3, 0.4) is 0 Å². The van der Waals surface area contributed by atoms with Crippen LogP contribution in [0.15, 0.2) is 60.7 Å². The molecule has 0 aromatic heterocycles. The van der Waals surface area contributed by atoms with Crippen molar-refractivity contribution in [3.63, 3.8) is 0 Å². The predicted molar refractivity (Wildman–Crippen MR) is 80.4 cm³/mol. The molecule has 104 valence electrons. The van der Waals surface area contributed by atoms with Gasteiger partial charge in [-0.15, -0.1) is 0 Å². The lowest BCUT2D eigenvalue weighted by Crippen LogP contribution is -2.18. The summed E-state index contributed by atoms with van der Waals surface area (Å²) >= 11 is 0. The molecular weight excluding hydrogens is 248 g/mol. The number of rotatable bonds is 6. The predicted octanol–water partition coefficient (Wildman–Crippen LogP) is 3.65. The fraction of sp³-hybridized carbons (Fsp3) is 0.278. The summed E-state index contributed by atoms with van der Waals surface area (Å²) in [7, 11) is 0. The van der Waals surface area contributed by atoms with E-state index in [4.69, 9.17) is 4.74 Å². The van der Waals surface area contributed by atoms with Crippen LogP contribution in [0.4, 0.5) is 0 Å². The molecule has 0 radical (unpaired) electrons. The molecule has 0 N–H and O–H groups in total. The lowest BCUT2D eigenvalue weighted by atomic mass is 10.0. The molecule has 2 aromatic carbocycles. The first-order chi connectivity index (χ1) is 9.75. The summed E-state index contributed by atoms with van der Waals surface area (Å²) < 4.78 is 5.34. The molecule has 0 unspecified atom stereocenters. The standard InChI is InChI=1S/C18H20O2/c1-15(14-17-10-6-3-7-11-17)18(19)20-13-12-16-8-4-2-5-9-16/h2-11,15H,12-14H2,1H3/t15-/m0/s1. The highest BCUT2D eigenvalue weighted by Crippen LogP contribution is 2.10. The van der Waals surface area contributed by atoms with Crippen LogP contribution in [0.1, 0.15) is 18.1 Å². The van der Waals surface area contributed by atoms with E-state index in [1.165, 1.54) is 11.1 Å². The van der Waals surface area contributed by atoms with Crippen molar-refractivity contribution >= 4 is 5.97 Å². The van der Waals surface area contributed by atoms with Crippen molar-refractivity contribution in [2.24, 2.45) is 5.92 Å². The molecule has 2 aromatic rings. The summed E-state index contributed by atoms with van der Waals surface area (Å²) in [5.74, 6) is -0.224. The molecule has 0 saturated heterocycles. The molecule has 2 nitrogen and oxygen atoms in total. The number of carbonyl (C=O) groups is 1. The maximum atomic E-state index is 11.9. The van der Waals surface area contributed by atoms with Crippen LogP contribution in [0.2, 0.25) is 0 Å². The van der Waals surface area contributed by atoms with E-state index >= 15 is 0 Å². The maximum Gasteiger partial charge on any atom is 0.308 e. The number of benzene rings is 2. The quantitative estimate of drug-likeness (QED) is 0.747. The van der Waals surface area contributed by atoms with Gasteiger partial charge in [-0.2, -0.15) is 0 Å². The van der Waals surface area contributed by atoms with E-state index in [-0.39, 0.29) is 11.9 Å². The molecule has 0 fully saturated rings. The summed E-state index contributed by atoms with van der Waals surface area (Å²) in [5.41, 5.74) is 2.36. The number of ether oxygens (including phenoxy) is 1. The van der Waals surface area contributed by atoms with Gasteiger partial charge in [0.05, 0.1) is 12.5 Å². The molecule has 0 aliphatic rings. The van der Waals surface area contributed by atoms with Crippen LogP contribution in [0, 0.1) is 5.92 Å². The topological polar surface area (TPSA) is 26.3 Å². The van der Waals surface area contributed by atoms with Crippen molar-refractivity contribution < 1.29 is 9.53 Å². The lowest BCUT2D eigenvalue weighted by molar-refractivity contribution is -0.147. The minimum atomic E-state index is -0.121. The van der Waals surface area contributed by atoms with Crippen LogP contribution >= 0.6 is 0 Å². The van der Waals surface area contributed by atoms with Crippen LogP contribution in [0.25, 0.3) is 0 Å². The Bertz CT molecular complexity index is 520. The zero-order valence-corrected chi connectivity index (χ0v) is 11.8. The summed E-state index contributed by atoms with van der Waals surface area (Å²) in [4.78, 5) is 11.9. The van der Waals surface area contributed by atoms with Gasteiger partial charge in [0.25, 0.3) is 0 Å². The Morgan fingerprint density at radius 1 is 0.950 bits per heavy atom. The zero-order valence-electron chi connectivity index (χ0n) is 11.8. The monoisotopic (exact) mass is 268 g/mol. The van der Waals surface area contributed by atoms with Crippen molar-refractivity contribution in [2.45, 2.75) is 19.8 Å². The summed E-state index contributed by atoms with van der Waals surface area (Å²) in [5, 5.41) is 0. The van der Waals surface area contributed by atoms with Crippen molar-refractivity contribution in [3.05, 3.63) is 71.8 Å². The van der Waals surface area contributed by atoms with E-state index in [0.29, 0.717) is 6.61 Å². The highest BCUT2D eigenvalue weighted by Gasteiger charge is 2.14. The Balaban J connectivity index is 1.74. The molecule has 1 atom stereocenters. The van der Waals surface area contributed by atoms with Crippen LogP contribution < -0.4 is 0 Å². The molecule has 2 heteroatoms. The third-order valence-corrected chi connectivity index (χ3v) is 3.26. The van der Waals surface area contributed by atoms with Gasteiger partial charge >= 0.3 is 5.97 Å². The van der Waals surface area contributed by atoms with Crippen LogP contribution in [-0.2, 0) is 22.4 Å². The Labute approximate surface area is 120 Å². The average Bonchev–Trinajstić information content (AvgIpc) is 2.49. The number of esters is 1. The van der Waals surface area contributed by atoms with Gasteiger partial charge in [0.15, 0.2) is 0 Å². The molecule has 0 spiro atoms. The van der Waals surface area contributed by atoms with Gasteiger partial charge in [0, 0.05) is 6.42 Å². The van der Waals surface area contributed by atoms with Gasteiger partial charge < -0.3 is 4.74 Å². The van der Waals surface area contributed by atoms with Gasteiger partial charge in [0.2, 0.25) is 0 Å². The van der Waals surface area contributed by atoms with Crippen LogP contribution in [-0.4, -0.2) is 12.6 Å². The lowest BCUT2D eigenvalue weighted by Gasteiger charge is -2.11. The number of hydrogen-bond acceptors (Lipinski definition) is 2. The highest BCUT2D eigenvalue weighted by atomic mass is 16.5. The van der Waals surface area contributed by atoms with Gasteiger partial charge in [0.1, 0.15) is 0 Å². The normalized spacial score (nSPS) is 11.8. The minimum Gasteiger partial charge on any atom is -0.465 e. The van der Waals surface area contributed by atoms with Crippen molar-refractivity contribution in [3.8, 4) is 0 Å². The van der Waals surface area contributed by atoms with Gasteiger partial charge in [-0.1, -0.05) is 67.6 Å². The second kappa shape index (κ2) is 7.49. The van der Waals surface area contributed by atoms with Crippen molar-refractivity contribution in [2.75, 3.05) is 6.61 Å². The molecule has 2 rings (SSSR count). The van der Waals surface area contributed by atoms with Gasteiger partial charge in [-0.05, 0) is 17.5 Å². The molecule has 20 heavy (non-hydrogen) atoms. The van der Waals surface area contributed by atoms with E-state index in [0.717, 1.165) is 12.8 Å². The molecular formula is C18H20O2. The van der Waals surface area contributed by atoms with E-state index < -0.39 is 0 Å². The van der Waals surface area contributed by atoms with Crippen molar-refractivity contribution in [1.29, 1.82) is 0 Å². The van der Waals surface area contributed by atoms with E-state index in [1.54, 1.807) is 0 Å². The summed E-state index contributed by atoms with van der Waals surface area (Å²) in [6, 6.07) is 20.1. The fourth-order valence-electron chi connectivity index (χ4n) is 2.11. The van der Waals surface area contributed by atoms with Crippen molar-refractivity contribution in [1.82, 2.24) is 0 Å². The fourth-order valence-corrected chi connectivity index (χ4v) is 2.11. The van der Waals surface area contributed by atoms with Crippen LogP contribution in [0.5, 0.6) is 0 Å². The Kier molecular flexibility index (Phi) is 5.36. The van der Waals surface area contributed by atoms with Gasteiger partial charge in [-0.3, -0.25) is 4.79 Å². The SMILES string of the molecule is C[C@@H](Cc1ccccc1)C(=O)OCCc1ccccc1. The maximum absolute atomic E-state index is 11.9. The Morgan fingerprint density at radius 3 is 2.10 bits per heavy atom. The number of hydrogen-bond donors (Lipinski definition) is 0. The molecule has 0 saturated carbocycles. The molecule has 0 amide bonds. The Hall–Kier alpha value is -2.09. The number of carbonyl (C=O) groups excluding carboxylic acids is 1. The molecule has 0 aliphatic heterocycles. The second-order valence-electron chi connectivity index (χ2n) is 4.99. The largest absolute Gasteiger partial charge is 0.465 e. The summed E-state index contributed by atoms with van der Waals surface area (Å²) in [6.07, 6.45) is 1.50. The smallest absolute Gasteiger partial charge is 0.308 e. The molecule has 0 bridgehead atoms. The molecule has 0 aliphatic carbocycles. The molecule has 0 heterocycles. The second-order valence-corrected chi connectivity index (χ2v) is 4.99. The highest BCUT2D eigenvalue weighted by molar-refractivity contribution is 5.72. The van der Waals surface area contributed by atoms with E-state index in [9.17, 15) is 4.79 Å². The minimum absolute atomic E-state index is 0.104. The first kappa shape index (κ1) is 14.3. The summed E-state index contributed by atoms with van der Waals surface area (Å²) in [6.45, 7) is 2.36. The first-order valence-corrected chi connectivity index (χ1v) is 7.00. The third kappa shape index (κ3) is 4.54. The first-order valence-electron chi connectivity index (χ1n) is 7.00. The average molecular weight is 268 g/mol. The van der Waals surface area contributed by atoms with Gasteiger partial charge in [-0.25, -0.2) is 0 Å².